The first-order valence-electron chi connectivity index (χ1n) is 6.76. The molecule has 0 aliphatic heterocycles. The van der Waals surface area contributed by atoms with Crippen molar-refractivity contribution in [1.82, 2.24) is 0 Å². The molecule has 0 bridgehead atoms. The Morgan fingerprint density at radius 1 is 1.05 bits per heavy atom. The summed E-state index contributed by atoms with van der Waals surface area (Å²) >= 11 is 9.63. The lowest BCUT2D eigenvalue weighted by Crippen LogP contribution is -2.14. The van der Waals surface area contributed by atoms with Gasteiger partial charge >= 0.3 is 0 Å². The molecule has 1 fully saturated rings. The zero-order valence-corrected chi connectivity index (χ0v) is 13.2. The van der Waals surface area contributed by atoms with Crippen molar-refractivity contribution in [3.63, 3.8) is 0 Å². The van der Waals surface area contributed by atoms with E-state index in [2.05, 4.69) is 22.0 Å². The SMILES string of the molecule is O=C(c1ccccc1C1CCC1)c1cccc(Br)c1Cl. The number of ketones is 1. The molecule has 0 radical (unpaired) electrons. The van der Waals surface area contributed by atoms with E-state index < -0.39 is 0 Å². The Morgan fingerprint density at radius 3 is 2.45 bits per heavy atom. The third-order valence-corrected chi connectivity index (χ3v) is 5.24. The molecule has 1 nitrogen and oxygen atoms in total. The number of carbonyl (C=O) groups is 1. The minimum Gasteiger partial charge on any atom is -0.289 e. The first-order valence-corrected chi connectivity index (χ1v) is 7.93. The fraction of sp³-hybridized carbons (Fsp3) is 0.235. The van der Waals surface area contributed by atoms with E-state index in [0.29, 0.717) is 16.5 Å². The van der Waals surface area contributed by atoms with E-state index in [-0.39, 0.29) is 5.78 Å². The van der Waals surface area contributed by atoms with E-state index >= 15 is 0 Å². The number of hydrogen-bond acceptors (Lipinski definition) is 1. The third-order valence-electron chi connectivity index (χ3n) is 3.95. The topological polar surface area (TPSA) is 17.1 Å². The van der Waals surface area contributed by atoms with Gasteiger partial charge in [-0.05, 0) is 52.4 Å². The summed E-state index contributed by atoms with van der Waals surface area (Å²) in [6, 6.07) is 13.4. The number of hydrogen-bond donors (Lipinski definition) is 0. The second-order valence-corrected chi connectivity index (χ2v) is 6.38. The first-order chi connectivity index (χ1) is 9.68. The number of halogens is 2. The Labute approximate surface area is 132 Å². The largest absolute Gasteiger partial charge is 0.289 e. The molecule has 0 aromatic heterocycles. The van der Waals surface area contributed by atoms with Gasteiger partial charge in [0.15, 0.2) is 5.78 Å². The van der Waals surface area contributed by atoms with Gasteiger partial charge in [-0.25, -0.2) is 0 Å². The molecule has 3 heteroatoms. The Bertz CT molecular complexity index is 662. The summed E-state index contributed by atoms with van der Waals surface area (Å²) in [5.74, 6) is 0.542. The Balaban J connectivity index is 2.04. The van der Waals surface area contributed by atoms with Gasteiger partial charge in [0, 0.05) is 15.6 Å². The van der Waals surface area contributed by atoms with Crippen molar-refractivity contribution in [2.75, 3.05) is 0 Å². The van der Waals surface area contributed by atoms with Crippen LogP contribution in [0.5, 0.6) is 0 Å². The summed E-state index contributed by atoms with van der Waals surface area (Å²) in [7, 11) is 0. The van der Waals surface area contributed by atoms with Crippen LogP contribution in [0.1, 0.15) is 46.7 Å². The Morgan fingerprint density at radius 2 is 1.75 bits per heavy atom. The summed E-state index contributed by atoms with van der Waals surface area (Å²) in [4.78, 5) is 12.8. The number of carbonyl (C=O) groups excluding carboxylic acids is 1. The van der Waals surface area contributed by atoms with Crippen LogP contribution in [0.25, 0.3) is 0 Å². The summed E-state index contributed by atoms with van der Waals surface area (Å²) in [5.41, 5.74) is 2.52. The molecule has 2 aromatic carbocycles. The van der Waals surface area contributed by atoms with Crippen LogP contribution in [0.2, 0.25) is 5.02 Å². The van der Waals surface area contributed by atoms with Crippen molar-refractivity contribution in [2.24, 2.45) is 0 Å². The third kappa shape index (κ3) is 2.43. The van der Waals surface area contributed by atoms with Crippen LogP contribution in [0.15, 0.2) is 46.9 Å². The molecule has 1 aliphatic carbocycles. The quantitative estimate of drug-likeness (QED) is 0.659. The molecule has 1 saturated carbocycles. The van der Waals surface area contributed by atoms with Crippen molar-refractivity contribution in [1.29, 1.82) is 0 Å². The van der Waals surface area contributed by atoms with Gasteiger partial charge in [0.2, 0.25) is 0 Å². The fourth-order valence-electron chi connectivity index (χ4n) is 2.60. The van der Waals surface area contributed by atoms with E-state index in [0.717, 1.165) is 10.0 Å². The molecule has 0 spiro atoms. The average Bonchev–Trinajstić information content (AvgIpc) is 2.40. The maximum absolute atomic E-state index is 12.8. The minimum absolute atomic E-state index is 0.0128. The van der Waals surface area contributed by atoms with Crippen LogP contribution >= 0.6 is 27.5 Å². The Kier molecular flexibility index (Phi) is 3.95. The fourth-order valence-corrected chi connectivity index (χ4v) is 3.18. The van der Waals surface area contributed by atoms with Gasteiger partial charge in [-0.2, -0.15) is 0 Å². The summed E-state index contributed by atoms with van der Waals surface area (Å²) in [5, 5.41) is 0.487. The molecule has 1 aliphatic rings. The van der Waals surface area contributed by atoms with E-state index in [4.69, 9.17) is 11.6 Å². The van der Waals surface area contributed by atoms with Crippen molar-refractivity contribution in [2.45, 2.75) is 25.2 Å². The predicted octanol–water partition coefficient (Wildman–Crippen LogP) is 5.60. The van der Waals surface area contributed by atoms with Crippen molar-refractivity contribution in [3.8, 4) is 0 Å². The highest BCUT2D eigenvalue weighted by Crippen LogP contribution is 2.39. The molecule has 20 heavy (non-hydrogen) atoms. The summed E-state index contributed by atoms with van der Waals surface area (Å²) in [6.45, 7) is 0. The molecule has 2 aromatic rings. The van der Waals surface area contributed by atoms with Crippen molar-refractivity contribution in [3.05, 3.63) is 68.7 Å². The zero-order chi connectivity index (χ0) is 14.1. The Hall–Kier alpha value is -1.12. The van der Waals surface area contributed by atoms with Crippen molar-refractivity contribution < 1.29 is 4.79 Å². The lowest BCUT2D eigenvalue weighted by molar-refractivity contribution is 0.103. The molecule has 0 saturated heterocycles. The van der Waals surface area contributed by atoms with Gasteiger partial charge in [-0.1, -0.05) is 48.4 Å². The molecule has 0 N–H and O–H groups in total. The smallest absolute Gasteiger partial charge is 0.194 e. The van der Waals surface area contributed by atoms with Crippen LogP contribution in [0, 0.1) is 0 Å². The lowest BCUT2D eigenvalue weighted by atomic mass is 9.77. The maximum atomic E-state index is 12.8. The molecule has 0 heterocycles. The standard InChI is InChI=1S/C17H14BrClO/c18-15-10-4-9-14(16(15)19)17(20)13-8-2-1-7-12(13)11-5-3-6-11/h1-2,4,7-11H,3,5-6H2. The average molecular weight is 350 g/mol. The molecular weight excluding hydrogens is 336 g/mol. The van der Waals surface area contributed by atoms with E-state index in [1.54, 1.807) is 6.07 Å². The van der Waals surface area contributed by atoms with Gasteiger partial charge < -0.3 is 0 Å². The second-order valence-electron chi connectivity index (χ2n) is 5.15. The molecule has 3 rings (SSSR count). The highest BCUT2D eigenvalue weighted by molar-refractivity contribution is 9.10. The van der Waals surface area contributed by atoms with Gasteiger partial charge in [-0.15, -0.1) is 0 Å². The highest BCUT2D eigenvalue weighted by Gasteiger charge is 2.25. The van der Waals surface area contributed by atoms with Crippen LogP contribution in [-0.2, 0) is 0 Å². The van der Waals surface area contributed by atoms with Crippen LogP contribution in [0.4, 0.5) is 0 Å². The van der Waals surface area contributed by atoms with Gasteiger partial charge in [0.05, 0.1) is 5.02 Å². The first kappa shape index (κ1) is 13.8. The maximum Gasteiger partial charge on any atom is 0.194 e. The van der Waals surface area contributed by atoms with E-state index in [1.807, 2.05) is 30.3 Å². The lowest BCUT2D eigenvalue weighted by Gasteiger charge is -2.27. The molecule has 0 unspecified atom stereocenters. The number of rotatable bonds is 3. The van der Waals surface area contributed by atoms with Crippen LogP contribution in [0.3, 0.4) is 0 Å². The predicted molar refractivity (Wildman–Crippen MR) is 85.6 cm³/mol. The zero-order valence-electron chi connectivity index (χ0n) is 10.9. The molecular formula is C17H14BrClO. The van der Waals surface area contributed by atoms with Gasteiger partial charge in [-0.3, -0.25) is 4.79 Å². The molecule has 0 atom stereocenters. The van der Waals surface area contributed by atoms with E-state index in [1.165, 1.54) is 24.8 Å². The summed E-state index contributed by atoms with van der Waals surface area (Å²) < 4.78 is 0.756. The van der Waals surface area contributed by atoms with Crippen LogP contribution < -0.4 is 0 Å². The summed E-state index contributed by atoms with van der Waals surface area (Å²) in [6.07, 6.45) is 3.61. The minimum atomic E-state index is 0.0128. The van der Waals surface area contributed by atoms with Gasteiger partial charge in [0.25, 0.3) is 0 Å². The van der Waals surface area contributed by atoms with Gasteiger partial charge in [0.1, 0.15) is 0 Å². The normalized spacial score (nSPS) is 14.9. The molecule has 102 valence electrons. The van der Waals surface area contributed by atoms with Crippen molar-refractivity contribution >= 4 is 33.3 Å². The van der Waals surface area contributed by atoms with E-state index in [9.17, 15) is 4.79 Å². The van der Waals surface area contributed by atoms with Crippen LogP contribution in [-0.4, -0.2) is 5.78 Å². The molecule has 0 amide bonds. The second kappa shape index (κ2) is 5.71. The number of benzene rings is 2. The highest BCUT2D eigenvalue weighted by atomic mass is 79.9. The monoisotopic (exact) mass is 348 g/mol.